The fraction of sp³-hybridized carbons (Fsp3) is 0.619. The number of carbonyl (C=O) groups excluding carboxylic acids is 2. The van der Waals surface area contributed by atoms with Gasteiger partial charge < -0.3 is 19.5 Å². The zero-order valence-electron chi connectivity index (χ0n) is 16.6. The van der Waals surface area contributed by atoms with Gasteiger partial charge in [-0.2, -0.15) is 0 Å². The van der Waals surface area contributed by atoms with Gasteiger partial charge in [-0.05, 0) is 45.2 Å². The van der Waals surface area contributed by atoms with Crippen molar-refractivity contribution in [1.82, 2.24) is 5.32 Å². The number of nitrogens with one attached hydrogen (secondary N) is 1. The van der Waals surface area contributed by atoms with Crippen LogP contribution >= 0.6 is 0 Å². The van der Waals surface area contributed by atoms with Gasteiger partial charge in [0.2, 0.25) is 5.91 Å². The van der Waals surface area contributed by atoms with Crippen LogP contribution in [-0.2, 0) is 14.3 Å². The van der Waals surface area contributed by atoms with Gasteiger partial charge in [0.25, 0.3) is 0 Å². The minimum Gasteiger partial charge on any atom is -0.490 e. The normalized spacial score (nSPS) is 22.0. The molecule has 2 atom stereocenters. The van der Waals surface area contributed by atoms with Crippen LogP contribution in [0.1, 0.15) is 52.4 Å². The molecule has 0 saturated heterocycles. The molecule has 0 radical (unpaired) electrons. The highest BCUT2D eigenvalue weighted by molar-refractivity contribution is 5.79. The maximum atomic E-state index is 12.4. The van der Waals surface area contributed by atoms with Crippen LogP contribution in [-0.4, -0.2) is 37.7 Å². The first-order chi connectivity index (χ1) is 13.0. The number of hydrogen-bond acceptors (Lipinski definition) is 5. The molecule has 6 heteroatoms. The number of ether oxygens (including phenoxy) is 3. The number of hydrogen-bond donors (Lipinski definition) is 1. The third-order valence-corrected chi connectivity index (χ3v) is 5.07. The van der Waals surface area contributed by atoms with Crippen molar-refractivity contribution in [2.24, 2.45) is 5.92 Å². The van der Waals surface area contributed by atoms with E-state index in [9.17, 15) is 9.59 Å². The summed E-state index contributed by atoms with van der Waals surface area (Å²) in [5, 5.41) is 3.07. The Hall–Kier alpha value is -2.24. The highest BCUT2D eigenvalue weighted by Gasteiger charge is 2.42. The summed E-state index contributed by atoms with van der Waals surface area (Å²) in [6.07, 6.45) is 4.46. The quantitative estimate of drug-likeness (QED) is 0.527. The largest absolute Gasteiger partial charge is 0.490 e. The highest BCUT2D eigenvalue weighted by Crippen LogP contribution is 2.34. The van der Waals surface area contributed by atoms with Crippen LogP contribution in [0.2, 0.25) is 0 Å². The molecule has 1 N–H and O–H groups in total. The van der Waals surface area contributed by atoms with Crippen LogP contribution in [0.25, 0.3) is 0 Å². The average Bonchev–Trinajstić information content (AvgIpc) is 2.66. The minimum atomic E-state index is -0.537. The zero-order chi connectivity index (χ0) is 19.7. The Balaban J connectivity index is 1.81. The predicted octanol–water partition coefficient (Wildman–Crippen LogP) is 3.48. The molecular formula is C21H31NO5. The van der Waals surface area contributed by atoms with E-state index in [4.69, 9.17) is 14.2 Å². The molecule has 1 amide bonds. The van der Waals surface area contributed by atoms with E-state index < -0.39 is 5.54 Å². The summed E-state index contributed by atoms with van der Waals surface area (Å²) >= 11 is 0. The fourth-order valence-corrected chi connectivity index (χ4v) is 3.64. The fourth-order valence-electron chi connectivity index (χ4n) is 3.64. The molecule has 1 saturated carbocycles. The molecule has 1 aromatic carbocycles. The summed E-state index contributed by atoms with van der Waals surface area (Å²) in [7, 11) is 1.40. The smallest absolute Gasteiger partial charge is 0.311 e. The molecule has 1 aromatic rings. The van der Waals surface area contributed by atoms with E-state index in [-0.39, 0.29) is 17.8 Å². The Morgan fingerprint density at radius 1 is 1.19 bits per heavy atom. The van der Waals surface area contributed by atoms with Gasteiger partial charge in [0.15, 0.2) is 11.5 Å². The van der Waals surface area contributed by atoms with Gasteiger partial charge in [0, 0.05) is 6.42 Å². The Labute approximate surface area is 161 Å². The number of methoxy groups -OCH3 is 1. The molecule has 0 bridgehead atoms. The van der Waals surface area contributed by atoms with Crippen molar-refractivity contribution in [2.75, 3.05) is 20.3 Å². The van der Waals surface area contributed by atoms with Crippen molar-refractivity contribution in [3.05, 3.63) is 24.3 Å². The maximum Gasteiger partial charge on any atom is 0.311 e. The maximum absolute atomic E-state index is 12.4. The Kier molecular flexibility index (Phi) is 7.95. The number of amides is 1. The van der Waals surface area contributed by atoms with Crippen molar-refractivity contribution in [1.29, 1.82) is 0 Å². The van der Waals surface area contributed by atoms with Crippen molar-refractivity contribution in [3.63, 3.8) is 0 Å². The molecule has 0 aliphatic heterocycles. The van der Waals surface area contributed by atoms with Crippen molar-refractivity contribution >= 4 is 11.9 Å². The third-order valence-electron chi connectivity index (χ3n) is 5.07. The summed E-state index contributed by atoms with van der Waals surface area (Å²) < 4.78 is 16.2. The van der Waals surface area contributed by atoms with Crippen molar-refractivity contribution in [3.8, 4) is 11.5 Å². The lowest BCUT2D eigenvalue weighted by Gasteiger charge is -2.40. The topological polar surface area (TPSA) is 73.9 Å². The SMILES string of the molecule is CCOc1ccccc1OCCCC(=O)N[C@@]1(C)CCCC[C@@H]1C(=O)OC. The molecular weight excluding hydrogens is 346 g/mol. The average molecular weight is 377 g/mol. The number of para-hydroxylation sites is 2. The van der Waals surface area contributed by atoms with Crippen LogP contribution < -0.4 is 14.8 Å². The molecule has 0 unspecified atom stereocenters. The van der Waals surface area contributed by atoms with E-state index in [0.29, 0.717) is 37.6 Å². The summed E-state index contributed by atoms with van der Waals surface area (Å²) in [5.41, 5.74) is -0.537. The molecule has 0 aromatic heterocycles. The van der Waals surface area contributed by atoms with E-state index in [1.54, 1.807) is 0 Å². The number of benzene rings is 1. The molecule has 1 aliphatic rings. The lowest BCUT2D eigenvalue weighted by Crippen LogP contribution is -2.55. The van der Waals surface area contributed by atoms with Crippen LogP contribution in [0.4, 0.5) is 0 Å². The van der Waals surface area contributed by atoms with Gasteiger partial charge >= 0.3 is 5.97 Å². The molecule has 1 fully saturated rings. The van der Waals surface area contributed by atoms with E-state index >= 15 is 0 Å². The number of rotatable bonds is 9. The van der Waals surface area contributed by atoms with E-state index in [0.717, 1.165) is 25.7 Å². The standard InChI is InChI=1S/C21H31NO5/c1-4-26-17-11-5-6-12-18(17)27-15-9-13-19(23)22-21(2)14-8-7-10-16(21)20(24)25-3/h5-6,11-12,16H,4,7-10,13-15H2,1-3H3,(H,22,23)/t16-,21+/m1/s1. The molecule has 2 rings (SSSR count). The summed E-state index contributed by atoms with van der Waals surface area (Å²) in [6, 6.07) is 7.51. The van der Waals surface area contributed by atoms with Crippen LogP contribution in [0.15, 0.2) is 24.3 Å². The first kappa shape index (κ1) is 21.1. The lowest BCUT2D eigenvalue weighted by atomic mass is 9.73. The highest BCUT2D eigenvalue weighted by atomic mass is 16.5. The summed E-state index contributed by atoms with van der Waals surface area (Å²) in [5.74, 6) is 0.808. The van der Waals surface area contributed by atoms with Gasteiger partial charge in [0.05, 0.1) is 31.8 Å². The van der Waals surface area contributed by atoms with Crippen LogP contribution in [0.3, 0.4) is 0 Å². The first-order valence-corrected chi connectivity index (χ1v) is 9.73. The number of esters is 1. The van der Waals surface area contributed by atoms with Crippen LogP contribution in [0.5, 0.6) is 11.5 Å². The van der Waals surface area contributed by atoms with Gasteiger partial charge in [0.1, 0.15) is 0 Å². The summed E-state index contributed by atoms with van der Waals surface area (Å²) in [4.78, 5) is 24.5. The minimum absolute atomic E-state index is 0.0602. The van der Waals surface area contributed by atoms with Gasteiger partial charge in [-0.25, -0.2) is 0 Å². The number of carbonyl (C=O) groups is 2. The predicted molar refractivity (Wildman–Crippen MR) is 103 cm³/mol. The van der Waals surface area contributed by atoms with E-state index in [1.165, 1.54) is 7.11 Å². The Morgan fingerprint density at radius 3 is 2.56 bits per heavy atom. The molecule has 0 heterocycles. The van der Waals surface area contributed by atoms with Gasteiger partial charge in [-0.3, -0.25) is 9.59 Å². The lowest BCUT2D eigenvalue weighted by molar-refractivity contribution is -0.150. The second-order valence-corrected chi connectivity index (χ2v) is 7.12. The van der Waals surface area contributed by atoms with Crippen LogP contribution in [0, 0.1) is 5.92 Å². The van der Waals surface area contributed by atoms with Gasteiger partial charge in [-0.15, -0.1) is 0 Å². The van der Waals surface area contributed by atoms with E-state index in [1.807, 2.05) is 38.1 Å². The monoisotopic (exact) mass is 377 g/mol. The van der Waals surface area contributed by atoms with Crippen molar-refractivity contribution < 1.29 is 23.8 Å². The second kappa shape index (κ2) is 10.2. The third kappa shape index (κ3) is 5.88. The molecule has 0 spiro atoms. The van der Waals surface area contributed by atoms with E-state index in [2.05, 4.69) is 5.32 Å². The molecule has 6 nitrogen and oxygen atoms in total. The molecule has 150 valence electrons. The Morgan fingerprint density at radius 2 is 1.89 bits per heavy atom. The second-order valence-electron chi connectivity index (χ2n) is 7.12. The van der Waals surface area contributed by atoms with Crippen molar-refractivity contribution in [2.45, 2.75) is 57.9 Å². The van der Waals surface area contributed by atoms with Gasteiger partial charge in [-0.1, -0.05) is 25.0 Å². The first-order valence-electron chi connectivity index (χ1n) is 9.73. The zero-order valence-corrected chi connectivity index (χ0v) is 16.6. The Bertz CT molecular complexity index is 633. The molecule has 1 aliphatic carbocycles. The molecule has 27 heavy (non-hydrogen) atoms. The summed E-state index contributed by atoms with van der Waals surface area (Å²) in [6.45, 7) is 4.87.